The molecule has 6 rings (SSSR count). The van der Waals surface area contributed by atoms with E-state index in [-0.39, 0.29) is 22.8 Å². The highest BCUT2D eigenvalue weighted by Crippen LogP contribution is 2.29. The van der Waals surface area contributed by atoms with Crippen LogP contribution in [0.2, 0.25) is 0 Å². The molecular formula is C34H28F2N6O4. The summed E-state index contributed by atoms with van der Waals surface area (Å²) in [6, 6.07) is 15.9. The maximum atomic E-state index is 15.3. The first-order valence-corrected chi connectivity index (χ1v) is 14.3. The molecular weight excluding hydrogens is 594 g/mol. The first-order chi connectivity index (χ1) is 22.4. The van der Waals surface area contributed by atoms with E-state index in [1.54, 1.807) is 18.5 Å². The van der Waals surface area contributed by atoms with Gasteiger partial charge in [-0.3, -0.25) is 14.2 Å². The fraction of sp³-hybridized carbons (Fsp3) is 0.118. The van der Waals surface area contributed by atoms with E-state index >= 15 is 4.39 Å². The van der Waals surface area contributed by atoms with Crippen molar-refractivity contribution in [2.75, 3.05) is 36.5 Å². The number of pyridine rings is 2. The highest BCUT2D eigenvalue weighted by atomic mass is 19.1. The van der Waals surface area contributed by atoms with Gasteiger partial charge in [-0.2, -0.15) is 0 Å². The monoisotopic (exact) mass is 622 g/mol. The first kappa shape index (κ1) is 30.2. The molecule has 0 bridgehead atoms. The van der Waals surface area contributed by atoms with E-state index in [1.807, 2.05) is 12.1 Å². The van der Waals surface area contributed by atoms with Gasteiger partial charge in [0, 0.05) is 66.5 Å². The third-order valence-corrected chi connectivity index (χ3v) is 7.31. The van der Waals surface area contributed by atoms with Crippen molar-refractivity contribution in [3.8, 4) is 11.4 Å². The number of amides is 1. The second-order valence-corrected chi connectivity index (χ2v) is 10.3. The summed E-state index contributed by atoms with van der Waals surface area (Å²) in [6.45, 7) is 2.84. The fourth-order valence-electron chi connectivity index (χ4n) is 4.94. The first-order valence-electron chi connectivity index (χ1n) is 14.3. The number of halogens is 2. The maximum absolute atomic E-state index is 15.3. The van der Waals surface area contributed by atoms with E-state index in [4.69, 9.17) is 14.9 Å². The molecule has 4 aromatic rings. The molecule has 0 unspecified atom stereocenters. The summed E-state index contributed by atoms with van der Waals surface area (Å²) in [5.41, 5.74) is 1.66. The number of carbonyl (C=O) groups excluding carboxylic acids is 1. The summed E-state index contributed by atoms with van der Waals surface area (Å²) in [6.07, 6.45) is 9.23. The molecule has 0 saturated carbocycles. The largest absolute Gasteiger partial charge is 0.452 e. The smallest absolute Gasteiger partial charge is 0.267 e. The number of morpholine rings is 1. The molecule has 232 valence electrons. The van der Waals surface area contributed by atoms with Gasteiger partial charge in [0.05, 0.1) is 18.9 Å². The predicted octanol–water partition coefficient (Wildman–Crippen LogP) is 5.04. The van der Waals surface area contributed by atoms with Crippen molar-refractivity contribution in [2.24, 2.45) is 0 Å². The number of hydrogen-bond donors (Lipinski definition) is 3. The minimum absolute atomic E-state index is 0.101. The zero-order valence-corrected chi connectivity index (χ0v) is 24.4. The molecule has 0 spiro atoms. The molecule has 0 radical (unpaired) electrons. The van der Waals surface area contributed by atoms with Gasteiger partial charge >= 0.3 is 0 Å². The average molecular weight is 623 g/mol. The molecule has 2 aliphatic heterocycles. The van der Waals surface area contributed by atoms with E-state index < -0.39 is 23.1 Å². The third-order valence-electron chi connectivity index (χ3n) is 7.31. The third kappa shape index (κ3) is 6.61. The Morgan fingerprint density at radius 1 is 1.07 bits per heavy atom. The lowest BCUT2D eigenvalue weighted by atomic mass is 10.0. The van der Waals surface area contributed by atoms with Gasteiger partial charge in [-0.05, 0) is 72.8 Å². The Hall–Kier alpha value is -5.88. The number of rotatable bonds is 8. The number of allylic oxidation sites excluding steroid dienone is 3. The average Bonchev–Trinajstić information content (AvgIpc) is 3.08. The van der Waals surface area contributed by atoms with Crippen LogP contribution in [0.3, 0.4) is 0 Å². The zero-order valence-electron chi connectivity index (χ0n) is 24.4. The maximum Gasteiger partial charge on any atom is 0.267 e. The van der Waals surface area contributed by atoms with Crippen LogP contribution in [-0.4, -0.2) is 48.0 Å². The Balaban J connectivity index is 1.18. The van der Waals surface area contributed by atoms with Gasteiger partial charge < -0.3 is 30.4 Å². The topological polar surface area (TPSA) is 122 Å². The number of anilines is 2. The van der Waals surface area contributed by atoms with Crippen LogP contribution in [0, 0.1) is 17.0 Å². The Labute approximate surface area is 262 Å². The van der Waals surface area contributed by atoms with Gasteiger partial charge in [0.15, 0.2) is 17.3 Å². The Bertz CT molecular complexity index is 1930. The molecule has 12 heteroatoms. The zero-order chi connectivity index (χ0) is 32.0. The number of carbonyl (C=O) groups is 1. The predicted molar refractivity (Wildman–Crippen MR) is 170 cm³/mol. The van der Waals surface area contributed by atoms with E-state index in [9.17, 15) is 14.0 Å². The molecule has 3 N–H and O–H groups in total. The molecule has 1 saturated heterocycles. The number of hydrogen-bond acceptors (Lipinski definition) is 8. The summed E-state index contributed by atoms with van der Waals surface area (Å²) >= 11 is 0. The number of dihydropyridines is 1. The fourth-order valence-corrected chi connectivity index (χ4v) is 4.94. The number of nitrogens with one attached hydrogen (secondary N) is 3. The molecule has 0 aliphatic carbocycles. The van der Waals surface area contributed by atoms with Gasteiger partial charge in [0.2, 0.25) is 0 Å². The van der Waals surface area contributed by atoms with Gasteiger partial charge in [-0.1, -0.05) is 0 Å². The van der Waals surface area contributed by atoms with Gasteiger partial charge in [-0.25, -0.2) is 13.8 Å². The summed E-state index contributed by atoms with van der Waals surface area (Å²) < 4.78 is 41.2. The Morgan fingerprint density at radius 2 is 1.87 bits per heavy atom. The summed E-state index contributed by atoms with van der Waals surface area (Å²) in [5.74, 6) is -0.977. The van der Waals surface area contributed by atoms with Crippen molar-refractivity contribution in [3.63, 3.8) is 0 Å². The lowest BCUT2D eigenvalue weighted by Crippen LogP contribution is -2.36. The standard InChI is InChI=1S/C34H28F2N6O4/c35-24-4-7-26(8-5-24)42-13-1-2-27(34(42)44)33(43)40-25-6-9-30(28(36)19-25)46-31-18-23(21-38-29(31)11-12-37)22-3-10-32(39-20-22)41-14-16-45-17-15-41/h1-13,18-21,37-38H,14-17H2,(H,40,43)/b29-11-,37-12?. The minimum Gasteiger partial charge on any atom is -0.452 e. The molecule has 1 fully saturated rings. The second kappa shape index (κ2) is 13.4. The molecule has 46 heavy (non-hydrogen) atoms. The lowest BCUT2D eigenvalue weighted by molar-refractivity contribution is 0.102. The van der Waals surface area contributed by atoms with Crippen LogP contribution in [-0.2, 0) is 4.74 Å². The SMILES string of the molecule is N=C/C=C1\NC=C(c2ccc(N3CCOCC3)nc2)C=C1Oc1ccc(NC(=O)c2cccn(-c3ccc(F)cc3)c2=O)cc1F. The van der Waals surface area contributed by atoms with Crippen LogP contribution in [0.25, 0.3) is 11.3 Å². The van der Waals surface area contributed by atoms with E-state index in [1.165, 1.54) is 65.4 Å². The number of aromatic nitrogens is 2. The molecule has 1 amide bonds. The Kier molecular flexibility index (Phi) is 8.79. The number of ether oxygens (including phenoxy) is 2. The molecule has 2 aliphatic rings. The van der Waals surface area contributed by atoms with Gasteiger partial charge in [0.25, 0.3) is 11.5 Å². The van der Waals surface area contributed by atoms with Crippen LogP contribution in [0.15, 0.2) is 114 Å². The van der Waals surface area contributed by atoms with Crippen LogP contribution in [0.1, 0.15) is 15.9 Å². The number of benzene rings is 2. The summed E-state index contributed by atoms with van der Waals surface area (Å²) in [4.78, 5) is 32.7. The van der Waals surface area contributed by atoms with Crippen molar-refractivity contribution < 1.29 is 23.0 Å². The van der Waals surface area contributed by atoms with Crippen LogP contribution in [0.5, 0.6) is 5.75 Å². The van der Waals surface area contributed by atoms with Crippen LogP contribution >= 0.6 is 0 Å². The van der Waals surface area contributed by atoms with Gasteiger partial charge in [0.1, 0.15) is 17.2 Å². The molecule has 2 aromatic heterocycles. The minimum atomic E-state index is -0.766. The van der Waals surface area contributed by atoms with Crippen molar-refractivity contribution in [2.45, 2.75) is 0 Å². The van der Waals surface area contributed by atoms with Gasteiger partial charge in [-0.15, -0.1) is 0 Å². The van der Waals surface area contributed by atoms with Crippen molar-refractivity contribution in [1.82, 2.24) is 14.9 Å². The molecule has 10 nitrogen and oxygen atoms in total. The highest BCUT2D eigenvalue weighted by molar-refractivity contribution is 6.04. The second-order valence-electron chi connectivity index (χ2n) is 10.3. The van der Waals surface area contributed by atoms with Crippen LogP contribution < -0.4 is 25.8 Å². The molecule has 0 atom stereocenters. The van der Waals surface area contributed by atoms with Crippen molar-refractivity contribution in [1.29, 1.82) is 5.41 Å². The normalized spacial score (nSPS) is 15.4. The summed E-state index contributed by atoms with van der Waals surface area (Å²) in [7, 11) is 0. The quantitative estimate of drug-likeness (QED) is 0.236. The number of nitrogens with zero attached hydrogens (tertiary/aromatic N) is 3. The molecule has 4 heterocycles. The van der Waals surface area contributed by atoms with Crippen molar-refractivity contribution >= 4 is 29.2 Å². The van der Waals surface area contributed by atoms with Crippen molar-refractivity contribution in [3.05, 3.63) is 142 Å². The summed E-state index contributed by atoms with van der Waals surface area (Å²) in [5, 5.41) is 13.1. The van der Waals surface area contributed by atoms with E-state index in [0.29, 0.717) is 24.6 Å². The van der Waals surface area contributed by atoms with E-state index in [0.717, 1.165) is 42.3 Å². The Morgan fingerprint density at radius 3 is 2.59 bits per heavy atom. The van der Waals surface area contributed by atoms with Crippen LogP contribution in [0.4, 0.5) is 20.3 Å². The molecule has 2 aromatic carbocycles. The highest BCUT2D eigenvalue weighted by Gasteiger charge is 2.19. The lowest BCUT2D eigenvalue weighted by Gasteiger charge is -2.27. The van der Waals surface area contributed by atoms with E-state index in [2.05, 4.69) is 20.5 Å².